The van der Waals surface area contributed by atoms with Gasteiger partial charge < -0.3 is 9.67 Å². The molecule has 27 heavy (non-hydrogen) atoms. The Morgan fingerprint density at radius 1 is 1.15 bits per heavy atom. The Balaban J connectivity index is 1.57. The van der Waals surface area contributed by atoms with Crippen molar-refractivity contribution >= 4 is 34.5 Å². The standard InChI is InChI=1S/C19H22N4O4/c24-17-7-11-23(19(27)20-17)16-3-1-2-15-14(16)6-10-22(15)13-4-8-21(9-5-13)12-18(25)26/h1-3,6,10,13H,4-5,7-9,11-12H2,(H,25,26)(H,20,24,27). The zero-order valence-electron chi connectivity index (χ0n) is 14.9. The Labute approximate surface area is 156 Å². The lowest BCUT2D eigenvalue weighted by Gasteiger charge is -2.32. The van der Waals surface area contributed by atoms with E-state index in [0.717, 1.165) is 42.5 Å². The first-order valence-corrected chi connectivity index (χ1v) is 9.18. The van der Waals surface area contributed by atoms with Crippen molar-refractivity contribution in [1.29, 1.82) is 0 Å². The number of carbonyl (C=O) groups excluding carboxylic acids is 2. The predicted molar refractivity (Wildman–Crippen MR) is 99.8 cm³/mol. The van der Waals surface area contributed by atoms with Gasteiger partial charge in [-0.1, -0.05) is 6.07 Å². The lowest BCUT2D eigenvalue weighted by molar-refractivity contribution is -0.138. The fourth-order valence-electron chi connectivity index (χ4n) is 4.07. The molecular weight excluding hydrogens is 348 g/mol. The summed E-state index contributed by atoms with van der Waals surface area (Å²) in [5.74, 6) is -1.03. The molecule has 2 fully saturated rings. The smallest absolute Gasteiger partial charge is 0.328 e. The maximum atomic E-state index is 12.2. The number of carboxylic acids is 1. The number of likely N-dealkylation sites (tertiary alicyclic amines) is 1. The highest BCUT2D eigenvalue weighted by Crippen LogP contribution is 2.33. The number of imide groups is 1. The molecule has 0 unspecified atom stereocenters. The second-order valence-corrected chi connectivity index (χ2v) is 7.09. The molecule has 2 aromatic rings. The molecule has 0 saturated carbocycles. The fourth-order valence-corrected chi connectivity index (χ4v) is 4.07. The number of carboxylic acid groups (broad SMARTS) is 1. The highest BCUT2D eigenvalue weighted by molar-refractivity contribution is 6.09. The molecule has 0 aliphatic carbocycles. The molecule has 1 aromatic carbocycles. The van der Waals surface area contributed by atoms with Gasteiger partial charge in [0.2, 0.25) is 5.91 Å². The van der Waals surface area contributed by atoms with Crippen LogP contribution in [0.3, 0.4) is 0 Å². The summed E-state index contributed by atoms with van der Waals surface area (Å²) in [6, 6.07) is 7.80. The van der Waals surface area contributed by atoms with Crippen molar-refractivity contribution in [2.45, 2.75) is 25.3 Å². The molecule has 0 atom stereocenters. The molecule has 0 radical (unpaired) electrons. The molecule has 4 rings (SSSR count). The van der Waals surface area contributed by atoms with Crippen LogP contribution in [-0.2, 0) is 9.59 Å². The van der Waals surface area contributed by atoms with E-state index < -0.39 is 5.97 Å². The largest absolute Gasteiger partial charge is 0.480 e. The number of hydrogen-bond donors (Lipinski definition) is 2. The minimum atomic E-state index is -0.789. The molecule has 0 bridgehead atoms. The molecule has 2 N–H and O–H groups in total. The number of piperidine rings is 1. The molecule has 1 aromatic heterocycles. The van der Waals surface area contributed by atoms with Crippen molar-refractivity contribution < 1.29 is 19.5 Å². The number of benzene rings is 1. The van der Waals surface area contributed by atoms with Crippen LogP contribution in [-0.4, -0.2) is 58.7 Å². The van der Waals surface area contributed by atoms with E-state index in [4.69, 9.17) is 5.11 Å². The van der Waals surface area contributed by atoms with Gasteiger partial charge in [-0.15, -0.1) is 0 Å². The lowest BCUT2D eigenvalue weighted by Crippen LogP contribution is -2.49. The normalized spacial score (nSPS) is 19.5. The molecule has 8 heteroatoms. The van der Waals surface area contributed by atoms with Crippen LogP contribution >= 0.6 is 0 Å². The minimum absolute atomic E-state index is 0.0894. The second kappa shape index (κ2) is 7.03. The zero-order chi connectivity index (χ0) is 19.0. The van der Waals surface area contributed by atoms with Gasteiger partial charge in [-0.3, -0.25) is 24.7 Å². The van der Waals surface area contributed by atoms with E-state index in [1.54, 1.807) is 4.90 Å². The van der Waals surface area contributed by atoms with E-state index in [2.05, 4.69) is 9.88 Å². The van der Waals surface area contributed by atoms with Gasteiger partial charge in [0, 0.05) is 43.7 Å². The molecular formula is C19H22N4O4. The first kappa shape index (κ1) is 17.5. The van der Waals surface area contributed by atoms with Gasteiger partial charge in [-0.25, -0.2) is 4.79 Å². The number of carbonyl (C=O) groups is 3. The number of anilines is 1. The van der Waals surface area contributed by atoms with Crippen LogP contribution in [0, 0.1) is 0 Å². The molecule has 0 spiro atoms. The third-order valence-electron chi connectivity index (χ3n) is 5.39. The summed E-state index contributed by atoms with van der Waals surface area (Å²) in [5.41, 5.74) is 1.86. The Kier molecular flexibility index (Phi) is 4.57. The Bertz CT molecular complexity index is 898. The number of rotatable bonds is 4. The summed E-state index contributed by atoms with van der Waals surface area (Å²) in [6.07, 6.45) is 4.11. The number of nitrogens with one attached hydrogen (secondary N) is 1. The van der Waals surface area contributed by atoms with Gasteiger partial charge in [-0.05, 0) is 31.0 Å². The van der Waals surface area contributed by atoms with Crippen LogP contribution in [0.5, 0.6) is 0 Å². The van der Waals surface area contributed by atoms with Crippen molar-refractivity contribution in [2.24, 2.45) is 0 Å². The Morgan fingerprint density at radius 2 is 1.93 bits per heavy atom. The van der Waals surface area contributed by atoms with E-state index in [1.807, 2.05) is 35.4 Å². The summed E-state index contributed by atoms with van der Waals surface area (Å²) in [4.78, 5) is 38.1. The van der Waals surface area contributed by atoms with Gasteiger partial charge in [0.15, 0.2) is 0 Å². The van der Waals surface area contributed by atoms with Crippen LogP contribution in [0.15, 0.2) is 30.5 Å². The average Bonchev–Trinajstić information content (AvgIpc) is 3.06. The molecule has 3 amide bonds. The maximum absolute atomic E-state index is 12.2. The van der Waals surface area contributed by atoms with Crippen molar-refractivity contribution in [2.75, 3.05) is 31.1 Å². The van der Waals surface area contributed by atoms with E-state index in [-0.39, 0.29) is 18.5 Å². The van der Waals surface area contributed by atoms with Crippen LogP contribution < -0.4 is 10.2 Å². The average molecular weight is 370 g/mol. The van der Waals surface area contributed by atoms with Crippen molar-refractivity contribution in [1.82, 2.24) is 14.8 Å². The highest BCUT2D eigenvalue weighted by atomic mass is 16.4. The van der Waals surface area contributed by atoms with Crippen molar-refractivity contribution in [3.8, 4) is 0 Å². The van der Waals surface area contributed by atoms with Crippen LogP contribution in [0.4, 0.5) is 10.5 Å². The van der Waals surface area contributed by atoms with Crippen molar-refractivity contribution in [3.05, 3.63) is 30.5 Å². The first-order chi connectivity index (χ1) is 13.0. The second-order valence-electron chi connectivity index (χ2n) is 7.09. The Hall–Kier alpha value is -2.87. The summed E-state index contributed by atoms with van der Waals surface area (Å²) in [6.45, 7) is 1.98. The molecule has 2 saturated heterocycles. The number of urea groups is 1. The van der Waals surface area contributed by atoms with E-state index in [9.17, 15) is 14.4 Å². The van der Waals surface area contributed by atoms with Gasteiger partial charge in [-0.2, -0.15) is 0 Å². The van der Waals surface area contributed by atoms with Crippen molar-refractivity contribution in [3.63, 3.8) is 0 Å². The summed E-state index contributed by atoms with van der Waals surface area (Å²) >= 11 is 0. The topological polar surface area (TPSA) is 94.9 Å². The fraction of sp³-hybridized carbons (Fsp3) is 0.421. The highest BCUT2D eigenvalue weighted by Gasteiger charge is 2.27. The number of fused-ring (bicyclic) bond motifs is 1. The third-order valence-corrected chi connectivity index (χ3v) is 5.39. The molecule has 2 aliphatic rings. The van der Waals surface area contributed by atoms with Crippen LogP contribution in [0.25, 0.3) is 10.9 Å². The third kappa shape index (κ3) is 3.40. The maximum Gasteiger partial charge on any atom is 0.328 e. The Morgan fingerprint density at radius 3 is 2.63 bits per heavy atom. The van der Waals surface area contributed by atoms with Gasteiger partial charge in [0.05, 0.1) is 17.7 Å². The molecule has 2 aliphatic heterocycles. The molecule has 142 valence electrons. The molecule has 3 heterocycles. The van der Waals surface area contributed by atoms with Crippen LogP contribution in [0.1, 0.15) is 25.3 Å². The monoisotopic (exact) mass is 370 g/mol. The van der Waals surface area contributed by atoms with Gasteiger partial charge in [0.25, 0.3) is 0 Å². The lowest BCUT2D eigenvalue weighted by atomic mass is 10.0. The SMILES string of the molecule is O=C(O)CN1CCC(n2ccc3c(N4CCC(=O)NC4=O)cccc32)CC1. The number of amides is 3. The van der Waals surface area contributed by atoms with Gasteiger partial charge in [0.1, 0.15) is 0 Å². The summed E-state index contributed by atoms with van der Waals surface area (Å²) in [7, 11) is 0. The predicted octanol–water partition coefficient (Wildman–Crippen LogP) is 1.81. The van der Waals surface area contributed by atoms with Gasteiger partial charge >= 0.3 is 12.0 Å². The zero-order valence-corrected chi connectivity index (χ0v) is 14.9. The first-order valence-electron chi connectivity index (χ1n) is 9.18. The summed E-state index contributed by atoms with van der Waals surface area (Å²) in [5, 5.41) is 12.3. The number of nitrogens with zero attached hydrogens (tertiary/aromatic N) is 3. The molecule has 8 nitrogen and oxygen atoms in total. The quantitative estimate of drug-likeness (QED) is 0.856. The van der Waals surface area contributed by atoms with Crippen LogP contribution in [0.2, 0.25) is 0 Å². The van der Waals surface area contributed by atoms with E-state index in [0.29, 0.717) is 19.0 Å². The number of hydrogen-bond acceptors (Lipinski definition) is 4. The van der Waals surface area contributed by atoms with E-state index in [1.165, 1.54) is 0 Å². The van der Waals surface area contributed by atoms with E-state index >= 15 is 0 Å². The minimum Gasteiger partial charge on any atom is -0.480 e. The summed E-state index contributed by atoms with van der Waals surface area (Å²) < 4.78 is 2.23. The number of aliphatic carboxylic acids is 1. The number of aromatic nitrogens is 1.